The van der Waals surface area contributed by atoms with E-state index in [2.05, 4.69) is 15.6 Å². The van der Waals surface area contributed by atoms with Gasteiger partial charge in [0.1, 0.15) is 0 Å². The van der Waals surface area contributed by atoms with Crippen molar-refractivity contribution in [2.75, 3.05) is 31.1 Å². The molecule has 1 aromatic carbocycles. The van der Waals surface area contributed by atoms with Crippen molar-refractivity contribution in [3.63, 3.8) is 0 Å². The maximum Gasteiger partial charge on any atom is 0.317 e. The first-order chi connectivity index (χ1) is 13.6. The van der Waals surface area contributed by atoms with Crippen LogP contribution in [-0.4, -0.2) is 48.0 Å². The molecule has 1 saturated heterocycles. The molecule has 2 aliphatic rings. The normalized spacial score (nSPS) is 16.1. The molecule has 0 bridgehead atoms. The van der Waals surface area contributed by atoms with Crippen LogP contribution in [0.4, 0.5) is 9.93 Å². The SMILES string of the molecule is NC(=O)c1cccc2c1CCN(C(=O)NCCc1csc(N3CCCC3)n1)C2. The number of benzene rings is 1. The molecule has 0 spiro atoms. The van der Waals surface area contributed by atoms with E-state index >= 15 is 0 Å². The van der Waals surface area contributed by atoms with Gasteiger partial charge in [-0.15, -0.1) is 11.3 Å². The number of thiazole rings is 1. The largest absolute Gasteiger partial charge is 0.366 e. The second-order valence-electron chi connectivity index (χ2n) is 7.28. The van der Waals surface area contributed by atoms with Crippen LogP contribution in [0.15, 0.2) is 23.6 Å². The molecule has 0 saturated carbocycles. The number of amides is 3. The molecule has 0 atom stereocenters. The molecule has 28 heavy (non-hydrogen) atoms. The Labute approximate surface area is 168 Å². The molecule has 0 radical (unpaired) electrons. The molecule has 3 N–H and O–H groups in total. The van der Waals surface area contributed by atoms with Gasteiger partial charge >= 0.3 is 6.03 Å². The molecule has 3 amide bonds. The molecular weight excluding hydrogens is 374 g/mol. The Balaban J connectivity index is 1.29. The fourth-order valence-electron chi connectivity index (χ4n) is 3.89. The summed E-state index contributed by atoms with van der Waals surface area (Å²) in [6.45, 7) is 3.83. The zero-order valence-electron chi connectivity index (χ0n) is 15.8. The number of nitrogens with one attached hydrogen (secondary N) is 1. The third kappa shape index (κ3) is 3.96. The molecular formula is C20H25N5O2S. The number of aromatic nitrogens is 1. The highest BCUT2D eigenvalue weighted by molar-refractivity contribution is 7.13. The molecule has 148 valence electrons. The van der Waals surface area contributed by atoms with Gasteiger partial charge in [0.05, 0.1) is 5.69 Å². The van der Waals surface area contributed by atoms with Crippen molar-refractivity contribution in [2.24, 2.45) is 5.73 Å². The first kappa shape index (κ1) is 18.7. The number of nitrogens with zero attached hydrogens (tertiary/aromatic N) is 3. The number of nitrogens with two attached hydrogens (primary N) is 1. The van der Waals surface area contributed by atoms with Crippen LogP contribution in [0.2, 0.25) is 0 Å². The zero-order chi connectivity index (χ0) is 19.5. The van der Waals surface area contributed by atoms with Crippen molar-refractivity contribution < 1.29 is 9.59 Å². The average Bonchev–Trinajstić information content (AvgIpc) is 3.38. The van der Waals surface area contributed by atoms with E-state index < -0.39 is 5.91 Å². The predicted octanol–water partition coefficient (Wildman–Crippen LogP) is 2.15. The molecule has 4 rings (SSSR count). The third-order valence-corrected chi connectivity index (χ3v) is 6.34. The number of hydrogen-bond acceptors (Lipinski definition) is 5. The van der Waals surface area contributed by atoms with E-state index in [0.29, 0.717) is 31.6 Å². The number of carbonyl (C=O) groups excluding carboxylic acids is 2. The van der Waals surface area contributed by atoms with E-state index in [0.717, 1.165) is 41.5 Å². The van der Waals surface area contributed by atoms with Gasteiger partial charge in [0.25, 0.3) is 0 Å². The van der Waals surface area contributed by atoms with Crippen LogP contribution < -0.4 is 16.0 Å². The van der Waals surface area contributed by atoms with Crippen molar-refractivity contribution in [1.29, 1.82) is 0 Å². The number of urea groups is 1. The molecule has 2 aliphatic heterocycles. The maximum atomic E-state index is 12.5. The third-order valence-electron chi connectivity index (χ3n) is 5.39. The van der Waals surface area contributed by atoms with Gasteiger partial charge in [0.15, 0.2) is 5.13 Å². The Morgan fingerprint density at radius 2 is 2.04 bits per heavy atom. The summed E-state index contributed by atoms with van der Waals surface area (Å²) in [6, 6.07) is 5.45. The topological polar surface area (TPSA) is 91.6 Å². The molecule has 0 aliphatic carbocycles. The standard InChI is InChI=1S/C20H25N5O2S/c21-18(26)17-5-3-4-14-12-25(11-7-16(14)17)19(27)22-8-6-15-13-28-20(23-15)24-9-1-2-10-24/h3-5,13H,1-2,6-12H2,(H2,21,26)(H,22,27). The molecule has 1 fully saturated rings. The second-order valence-corrected chi connectivity index (χ2v) is 8.11. The van der Waals surface area contributed by atoms with Crippen LogP contribution in [0.1, 0.15) is 40.0 Å². The van der Waals surface area contributed by atoms with Gasteiger partial charge < -0.3 is 20.9 Å². The van der Waals surface area contributed by atoms with Gasteiger partial charge in [-0.05, 0) is 36.5 Å². The highest BCUT2D eigenvalue weighted by atomic mass is 32.1. The van der Waals surface area contributed by atoms with Crippen molar-refractivity contribution in [3.8, 4) is 0 Å². The van der Waals surface area contributed by atoms with Crippen molar-refractivity contribution in [2.45, 2.75) is 32.2 Å². The summed E-state index contributed by atoms with van der Waals surface area (Å²) in [4.78, 5) is 32.9. The molecule has 1 aromatic heterocycles. The Kier molecular flexibility index (Phi) is 5.47. The van der Waals surface area contributed by atoms with E-state index in [1.165, 1.54) is 12.8 Å². The summed E-state index contributed by atoms with van der Waals surface area (Å²) < 4.78 is 0. The van der Waals surface area contributed by atoms with Crippen LogP contribution in [-0.2, 0) is 19.4 Å². The Morgan fingerprint density at radius 1 is 1.21 bits per heavy atom. The van der Waals surface area contributed by atoms with Gasteiger partial charge in [-0.1, -0.05) is 12.1 Å². The van der Waals surface area contributed by atoms with E-state index in [1.54, 1.807) is 22.3 Å². The second kappa shape index (κ2) is 8.18. The van der Waals surface area contributed by atoms with Crippen LogP contribution in [0.5, 0.6) is 0 Å². The number of rotatable bonds is 5. The summed E-state index contributed by atoms with van der Waals surface area (Å²) in [5.74, 6) is -0.411. The molecule has 7 nitrogen and oxygen atoms in total. The maximum absolute atomic E-state index is 12.5. The highest BCUT2D eigenvalue weighted by Crippen LogP contribution is 2.25. The molecule has 8 heteroatoms. The first-order valence-electron chi connectivity index (χ1n) is 9.74. The zero-order valence-corrected chi connectivity index (χ0v) is 16.6. The molecule has 2 aromatic rings. The van der Waals surface area contributed by atoms with E-state index in [9.17, 15) is 9.59 Å². The van der Waals surface area contributed by atoms with Crippen LogP contribution in [0.25, 0.3) is 0 Å². The van der Waals surface area contributed by atoms with Gasteiger partial charge in [-0.2, -0.15) is 0 Å². The number of carbonyl (C=O) groups is 2. The summed E-state index contributed by atoms with van der Waals surface area (Å²) in [6.07, 6.45) is 3.86. The molecule has 0 unspecified atom stereocenters. The van der Waals surface area contributed by atoms with Gasteiger partial charge in [0, 0.05) is 50.1 Å². The number of primary amides is 1. The summed E-state index contributed by atoms with van der Waals surface area (Å²) >= 11 is 1.68. The summed E-state index contributed by atoms with van der Waals surface area (Å²) in [5.41, 5.74) is 9.01. The minimum absolute atomic E-state index is 0.0786. The van der Waals surface area contributed by atoms with Crippen LogP contribution in [0.3, 0.4) is 0 Å². The van der Waals surface area contributed by atoms with E-state index in [1.807, 2.05) is 12.1 Å². The minimum Gasteiger partial charge on any atom is -0.366 e. The van der Waals surface area contributed by atoms with Crippen LogP contribution >= 0.6 is 11.3 Å². The lowest BCUT2D eigenvalue weighted by atomic mass is 9.94. The number of anilines is 1. The Bertz CT molecular complexity index is 875. The van der Waals surface area contributed by atoms with Gasteiger partial charge in [-0.3, -0.25) is 4.79 Å². The van der Waals surface area contributed by atoms with Gasteiger partial charge in [-0.25, -0.2) is 9.78 Å². The average molecular weight is 400 g/mol. The fraction of sp³-hybridized carbons (Fsp3) is 0.450. The van der Waals surface area contributed by atoms with Crippen LogP contribution in [0, 0.1) is 0 Å². The van der Waals surface area contributed by atoms with Gasteiger partial charge in [0.2, 0.25) is 5.91 Å². The fourth-order valence-corrected chi connectivity index (χ4v) is 4.80. The first-order valence-corrected chi connectivity index (χ1v) is 10.6. The Morgan fingerprint density at radius 3 is 2.82 bits per heavy atom. The minimum atomic E-state index is -0.411. The number of fused-ring (bicyclic) bond motifs is 1. The van der Waals surface area contributed by atoms with Crippen molar-refractivity contribution in [1.82, 2.24) is 15.2 Å². The predicted molar refractivity (Wildman–Crippen MR) is 110 cm³/mol. The lowest BCUT2D eigenvalue weighted by molar-refractivity contribution is 0.0999. The smallest absolute Gasteiger partial charge is 0.317 e. The lowest BCUT2D eigenvalue weighted by Gasteiger charge is -2.29. The monoisotopic (exact) mass is 399 g/mol. The number of hydrogen-bond donors (Lipinski definition) is 2. The van der Waals surface area contributed by atoms with Crippen molar-refractivity contribution >= 4 is 28.4 Å². The Hall–Kier alpha value is -2.61. The molecule has 3 heterocycles. The quantitative estimate of drug-likeness (QED) is 0.806. The summed E-state index contributed by atoms with van der Waals surface area (Å²) in [5, 5.41) is 6.17. The van der Waals surface area contributed by atoms with E-state index in [-0.39, 0.29) is 6.03 Å². The highest BCUT2D eigenvalue weighted by Gasteiger charge is 2.23. The van der Waals surface area contributed by atoms with E-state index in [4.69, 9.17) is 10.7 Å². The van der Waals surface area contributed by atoms with Crippen molar-refractivity contribution in [3.05, 3.63) is 46.0 Å². The summed E-state index contributed by atoms with van der Waals surface area (Å²) in [7, 11) is 0. The lowest BCUT2D eigenvalue weighted by Crippen LogP contribution is -2.43.